The number of halogens is 3. The van der Waals surface area contributed by atoms with Crippen LogP contribution in [0.25, 0.3) is 11.5 Å². The number of benzene rings is 2. The molecule has 3 rings (SSSR count). The number of unbranched alkanes of at least 4 members (excludes halogenated alkanes) is 8. The van der Waals surface area contributed by atoms with Crippen molar-refractivity contribution >= 4 is 0 Å². The molecule has 0 aliphatic carbocycles. The average molecular weight is 488 g/mol. The van der Waals surface area contributed by atoms with Crippen LogP contribution in [0.15, 0.2) is 53.1 Å². The minimum absolute atomic E-state index is 0.492. The Hall–Kier alpha value is -2.67. The molecule has 0 spiro atoms. The Bertz CT molecular complexity index is 982. The Morgan fingerprint density at radius 2 is 1.29 bits per heavy atom. The highest BCUT2D eigenvalue weighted by Gasteiger charge is 2.29. The zero-order valence-electron chi connectivity index (χ0n) is 20.5. The lowest BCUT2D eigenvalue weighted by Gasteiger charge is -2.09. The van der Waals surface area contributed by atoms with Gasteiger partial charge >= 0.3 is 6.18 Å². The molecule has 4 nitrogen and oxygen atoms in total. The summed E-state index contributed by atoms with van der Waals surface area (Å²) in [6.07, 6.45) is 8.10. The second kappa shape index (κ2) is 14.0. The number of alkyl halides is 3. The second-order valence-electron chi connectivity index (χ2n) is 9.09. The molecule has 0 fully saturated rings. The Kier molecular flexibility index (Phi) is 10.8. The minimum atomic E-state index is -4.31. The van der Waals surface area contributed by atoms with Crippen molar-refractivity contribution < 1.29 is 17.7 Å². The third-order valence-corrected chi connectivity index (χ3v) is 6.11. The first-order valence-corrected chi connectivity index (χ1v) is 12.7. The van der Waals surface area contributed by atoms with Crippen molar-refractivity contribution in [3.63, 3.8) is 0 Å². The minimum Gasteiger partial charge on any atom is -0.334 e. The highest BCUT2D eigenvalue weighted by Crippen LogP contribution is 2.29. The predicted octanol–water partition coefficient (Wildman–Crippen LogP) is 8.12. The molecule has 0 unspecified atom stereocenters. The molecule has 1 aromatic heterocycles. The van der Waals surface area contributed by atoms with Crippen molar-refractivity contribution in [2.75, 3.05) is 0 Å². The van der Waals surface area contributed by atoms with Crippen LogP contribution < -0.4 is 5.32 Å². The van der Waals surface area contributed by atoms with Crippen LogP contribution in [0.5, 0.6) is 0 Å². The van der Waals surface area contributed by atoms with E-state index in [9.17, 15) is 13.2 Å². The van der Waals surface area contributed by atoms with Crippen LogP contribution in [0.1, 0.15) is 87.2 Å². The van der Waals surface area contributed by atoms with Gasteiger partial charge < -0.3 is 9.84 Å². The SMILES string of the molecule is CCCCCCCCCCCc1noc(-c2ccc(CNCc3ccc(C(F)(F)F)cc3)cc2)n1. The lowest BCUT2D eigenvalue weighted by Crippen LogP contribution is -2.13. The summed E-state index contributed by atoms with van der Waals surface area (Å²) >= 11 is 0. The van der Waals surface area contributed by atoms with E-state index in [0.29, 0.717) is 19.0 Å². The van der Waals surface area contributed by atoms with Gasteiger partial charge in [0.05, 0.1) is 5.56 Å². The molecule has 0 aliphatic heterocycles. The number of rotatable bonds is 15. The number of aromatic nitrogens is 2. The third-order valence-electron chi connectivity index (χ3n) is 6.11. The van der Waals surface area contributed by atoms with Crippen molar-refractivity contribution in [2.45, 2.75) is 90.4 Å². The van der Waals surface area contributed by atoms with Crippen LogP contribution in [0.2, 0.25) is 0 Å². The molecule has 190 valence electrons. The van der Waals surface area contributed by atoms with E-state index in [-0.39, 0.29) is 0 Å². The van der Waals surface area contributed by atoms with Crippen molar-refractivity contribution in [3.8, 4) is 11.5 Å². The third kappa shape index (κ3) is 9.48. The van der Waals surface area contributed by atoms with Crippen molar-refractivity contribution in [3.05, 3.63) is 71.0 Å². The van der Waals surface area contributed by atoms with Gasteiger partial charge in [0.15, 0.2) is 5.82 Å². The van der Waals surface area contributed by atoms with Gasteiger partial charge in [-0.05, 0) is 41.8 Å². The zero-order valence-corrected chi connectivity index (χ0v) is 20.5. The first-order valence-electron chi connectivity index (χ1n) is 12.7. The van der Waals surface area contributed by atoms with E-state index in [1.807, 2.05) is 24.3 Å². The molecule has 0 saturated heterocycles. The molecular weight excluding hydrogens is 451 g/mol. The predicted molar refractivity (Wildman–Crippen MR) is 133 cm³/mol. The van der Waals surface area contributed by atoms with Crippen LogP contribution in [0.3, 0.4) is 0 Å². The van der Waals surface area contributed by atoms with E-state index >= 15 is 0 Å². The fraction of sp³-hybridized carbons (Fsp3) is 0.500. The molecule has 3 aromatic rings. The van der Waals surface area contributed by atoms with Gasteiger partial charge in [-0.1, -0.05) is 87.7 Å². The molecule has 0 amide bonds. The van der Waals surface area contributed by atoms with E-state index in [1.54, 1.807) is 0 Å². The van der Waals surface area contributed by atoms with E-state index in [2.05, 4.69) is 22.4 Å². The van der Waals surface area contributed by atoms with E-state index in [0.717, 1.165) is 47.5 Å². The summed E-state index contributed by atoms with van der Waals surface area (Å²) in [5.74, 6) is 1.28. The molecule has 35 heavy (non-hydrogen) atoms. The summed E-state index contributed by atoms with van der Waals surface area (Å²) in [7, 11) is 0. The maximum atomic E-state index is 12.7. The molecule has 0 aliphatic rings. The van der Waals surface area contributed by atoms with Gasteiger partial charge in [0.2, 0.25) is 0 Å². The Morgan fingerprint density at radius 3 is 1.86 bits per heavy atom. The summed E-state index contributed by atoms with van der Waals surface area (Å²) in [4.78, 5) is 4.53. The van der Waals surface area contributed by atoms with Gasteiger partial charge in [-0.3, -0.25) is 0 Å². The molecule has 0 bridgehead atoms. The Balaban J connectivity index is 1.35. The van der Waals surface area contributed by atoms with Gasteiger partial charge in [-0.2, -0.15) is 18.2 Å². The van der Waals surface area contributed by atoms with E-state index < -0.39 is 11.7 Å². The van der Waals surface area contributed by atoms with Crippen molar-refractivity contribution in [2.24, 2.45) is 0 Å². The summed E-state index contributed by atoms with van der Waals surface area (Å²) in [5, 5.41) is 7.38. The highest BCUT2D eigenvalue weighted by atomic mass is 19.4. The topological polar surface area (TPSA) is 51.0 Å². The number of nitrogens with zero attached hydrogens (tertiary/aromatic N) is 2. The van der Waals surface area contributed by atoms with Crippen LogP contribution in [-0.4, -0.2) is 10.1 Å². The monoisotopic (exact) mass is 487 g/mol. The first-order chi connectivity index (χ1) is 17.0. The van der Waals surface area contributed by atoms with Gasteiger partial charge in [-0.25, -0.2) is 0 Å². The van der Waals surface area contributed by atoms with Gasteiger partial charge in [0.25, 0.3) is 5.89 Å². The van der Waals surface area contributed by atoms with Crippen molar-refractivity contribution in [1.29, 1.82) is 0 Å². The quantitative estimate of drug-likeness (QED) is 0.220. The highest BCUT2D eigenvalue weighted by molar-refractivity contribution is 5.53. The molecule has 0 saturated carbocycles. The normalized spacial score (nSPS) is 11.8. The number of hydrogen-bond donors (Lipinski definition) is 1. The van der Waals surface area contributed by atoms with Gasteiger partial charge in [-0.15, -0.1) is 0 Å². The summed E-state index contributed by atoms with van der Waals surface area (Å²) in [5.41, 5.74) is 2.12. The number of aryl methyl sites for hydroxylation is 1. The standard InChI is InChI=1S/C28H36F3N3O/c1-2-3-4-5-6-7-8-9-10-11-26-33-27(35-34-26)24-16-12-22(13-17-24)20-32-21-23-14-18-25(19-15-23)28(29,30)31/h12-19,32H,2-11,20-21H2,1H3. The van der Waals surface area contributed by atoms with Crippen LogP contribution in [0.4, 0.5) is 13.2 Å². The van der Waals surface area contributed by atoms with E-state index in [1.165, 1.54) is 63.5 Å². The van der Waals surface area contributed by atoms with E-state index in [4.69, 9.17) is 4.52 Å². The molecule has 2 aromatic carbocycles. The number of hydrogen-bond acceptors (Lipinski definition) is 4. The van der Waals surface area contributed by atoms with Crippen LogP contribution in [0, 0.1) is 0 Å². The van der Waals surface area contributed by atoms with Crippen LogP contribution in [-0.2, 0) is 25.7 Å². The lowest BCUT2D eigenvalue weighted by atomic mass is 10.1. The Morgan fingerprint density at radius 1 is 0.743 bits per heavy atom. The first kappa shape index (κ1) is 26.9. The summed E-state index contributed by atoms with van der Waals surface area (Å²) < 4.78 is 43.4. The molecule has 1 N–H and O–H groups in total. The van der Waals surface area contributed by atoms with Crippen LogP contribution >= 0.6 is 0 Å². The lowest BCUT2D eigenvalue weighted by molar-refractivity contribution is -0.137. The summed E-state index contributed by atoms with van der Waals surface area (Å²) in [6.45, 7) is 3.34. The molecule has 1 heterocycles. The van der Waals surface area contributed by atoms with Gasteiger partial charge in [0, 0.05) is 25.1 Å². The molecule has 0 atom stereocenters. The Labute approximate surface area is 206 Å². The molecule has 7 heteroatoms. The molecule has 0 radical (unpaired) electrons. The largest absolute Gasteiger partial charge is 0.416 e. The maximum Gasteiger partial charge on any atom is 0.416 e. The fourth-order valence-electron chi connectivity index (χ4n) is 3.99. The smallest absolute Gasteiger partial charge is 0.334 e. The number of nitrogens with one attached hydrogen (secondary N) is 1. The molecular formula is C28H36F3N3O. The average Bonchev–Trinajstić information content (AvgIpc) is 3.32. The summed E-state index contributed by atoms with van der Waals surface area (Å²) in [6, 6.07) is 13.1. The van der Waals surface area contributed by atoms with Crippen molar-refractivity contribution in [1.82, 2.24) is 15.5 Å². The fourth-order valence-corrected chi connectivity index (χ4v) is 3.99. The zero-order chi connectivity index (χ0) is 24.9. The second-order valence-corrected chi connectivity index (χ2v) is 9.09. The van der Waals surface area contributed by atoms with Gasteiger partial charge in [0.1, 0.15) is 0 Å². The maximum absolute atomic E-state index is 12.7.